The Labute approximate surface area is 194 Å². The predicted octanol–water partition coefficient (Wildman–Crippen LogP) is 4.33. The van der Waals surface area contributed by atoms with Crippen molar-refractivity contribution in [3.8, 4) is 5.82 Å². The van der Waals surface area contributed by atoms with E-state index in [0.29, 0.717) is 10.8 Å². The number of rotatable bonds is 8. The summed E-state index contributed by atoms with van der Waals surface area (Å²) in [5.41, 5.74) is 3.33. The lowest BCUT2D eigenvalue weighted by atomic mass is 9.92. The zero-order valence-electron chi connectivity index (χ0n) is 18.2. The topological polar surface area (TPSA) is 95.7 Å². The molecule has 0 radical (unpaired) electrons. The number of methoxy groups -OCH3 is 1. The summed E-state index contributed by atoms with van der Waals surface area (Å²) in [5.74, 6) is 0.664. The van der Waals surface area contributed by atoms with Crippen LogP contribution in [-0.2, 0) is 22.4 Å². The van der Waals surface area contributed by atoms with Gasteiger partial charge in [0.15, 0.2) is 5.82 Å². The molecular formula is C22H23ClN6O2S. The molecule has 4 rings (SSSR count). The molecule has 0 aliphatic carbocycles. The fourth-order valence-corrected chi connectivity index (χ4v) is 4.80. The van der Waals surface area contributed by atoms with Crippen molar-refractivity contribution in [1.29, 1.82) is 0 Å². The number of ether oxygens (including phenoxy) is 1. The zero-order chi connectivity index (χ0) is 22.8. The number of ketones is 1. The van der Waals surface area contributed by atoms with Gasteiger partial charge in [-0.3, -0.25) is 4.79 Å². The smallest absolute Gasteiger partial charge is 0.193 e. The molecule has 166 valence electrons. The van der Waals surface area contributed by atoms with Crippen LogP contribution in [0.2, 0.25) is 5.02 Å². The molecule has 0 saturated carbocycles. The minimum atomic E-state index is -0.179. The molecule has 4 heterocycles. The molecule has 10 heteroatoms. The van der Waals surface area contributed by atoms with Crippen LogP contribution in [-0.4, -0.2) is 42.8 Å². The quantitative estimate of drug-likeness (QED) is 0.378. The van der Waals surface area contributed by atoms with Gasteiger partial charge < -0.3 is 4.74 Å². The van der Waals surface area contributed by atoms with Crippen LogP contribution in [0.4, 0.5) is 0 Å². The van der Waals surface area contributed by atoms with Gasteiger partial charge in [-0.05, 0) is 30.0 Å². The summed E-state index contributed by atoms with van der Waals surface area (Å²) in [6.45, 7) is 6.14. The normalized spacial score (nSPS) is 12.6. The second-order valence-electron chi connectivity index (χ2n) is 7.84. The largest absolute Gasteiger partial charge is 0.376 e. The van der Waals surface area contributed by atoms with Gasteiger partial charge in [0.05, 0.1) is 28.5 Å². The summed E-state index contributed by atoms with van der Waals surface area (Å²) in [6, 6.07) is 1.73. The Morgan fingerprint density at radius 2 is 1.94 bits per heavy atom. The molecule has 0 aliphatic heterocycles. The number of aryl methyl sites for hydroxylation is 1. The minimum Gasteiger partial charge on any atom is -0.376 e. The van der Waals surface area contributed by atoms with Crippen LogP contribution >= 0.6 is 22.9 Å². The predicted molar refractivity (Wildman–Crippen MR) is 123 cm³/mol. The molecule has 0 N–H and O–H groups in total. The number of fused-ring (bicyclic) bond motifs is 1. The van der Waals surface area contributed by atoms with Crippen LogP contribution in [0, 0.1) is 12.8 Å². The van der Waals surface area contributed by atoms with E-state index in [-0.39, 0.29) is 30.6 Å². The fraction of sp³-hybridized carbons (Fsp3) is 0.364. The van der Waals surface area contributed by atoms with E-state index in [4.69, 9.17) is 16.3 Å². The summed E-state index contributed by atoms with van der Waals surface area (Å²) in [7, 11) is 1.69. The number of nitrogens with zero attached hydrogens (tertiary/aromatic N) is 6. The molecule has 1 atom stereocenters. The maximum absolute atomic E-state index is 13.0. The van der Waals surface area contributed by atoms with E-state index in [1.54, 1.807) is 49.3 Å². The number of carbonyl (C=O) groups is 1. The Balaban J connectivity index is 1.60. The average molecular weight is 471 g/mol. The van der Waals surface area contributed by atoms with Crippen LogP contribution in [0.25, 0.3) is 16.2 Å². The van der Waals surface area contributed by atoms with Gasteiger partial charge in [0.1, 0.15) is 16.1 Å². The highest BCUT2D eigenvalue weighted by atomic mass is 35.5. The van der Waals surface area contributed by atoms with E-state index in [1.807, 2.05) is 6.92 Å². The molecule has 0 saturated heterocycles. The number of Topliss-reactive ketones (excluding diaryl/α,β-unsaturated/α-hetero) is 1. The maximum Gasteiger partial charge on any atom is 0.193 e. The third-order valence-corrected chi connectivity index (χ3v) is 6.23. The zero-order valence-corrected chi connectivity index (χ0v) is 19.8. The number of hydrogen-bond donors (Lipinski definition) is 0. The van der Waals surface area contributed by atoms with Gasteiger partial charge in [-0.25, -0.2) is 15.0 Å². The molecule has 0 aliphatic rings. The summed E-state index contributed by atoms with van der Waals surface area (Å²) < 4.78 is 5.80. The fourth-order valence-electron chi connectivity index (χ4n) is 3.76. The number of carbonyl (C=O) groups excluding carboxylic acids is 1. The van der Waals surface area contributed by atoms with Gasteiger partial charge >= 0.3 is 0 Å². The highest BCUT2D eigenvalue weighted by Crippen LogP contribution is 2.35. The third-order valence-electron chi connectivity index (χ3n) is 5.07. The Kier molecular flexibility index (Phi) is 6.59. The van der Waals surface area contributed by atoms with E-state index in [1.165, 1.54) is 4.80 Å². The van der Waals surface area contributed by atoms with E-state index in [2.05, 4.69) is 39.0 Å². The van der Waals surface area contributed by atoms with Gasteiger partial charge in [-0.2, -0.15) is 10.2 Å². The molecule has 0 amide bonds. The Hall–Kier alpha value is -2.75. The SMILES string of the molecule is COC(c1c(CC(=O)Cc2cnc(-n3nccn3)c(Cl)c2)cnc2sc(C)nc12)C(C)C. The van der Waals surface area contributed by atoms with Gasteiger partial charge in [0, 0.05) is 37.9 Å². The molecule has 0 bridgehead atoms. The standard InChI is InChI=1S/C22H23ClN6O2S/c1-12(2)20(31-4)18-15(11-25-22-19(18)28-13(3)32-22)9-16(30)7-14-8-17(23)21(24-10-14)29-26-5-6-27-29/h5-6,8,10-12,20H,7,9H2,1-4H3. The highest BCUT2D eigenvalue weighted by molar-refractivity contribution is 7.18. The summed E-state index contributed by atoms with van der Waals surface area (Å²) in [4.78, 5) is 28.7. The Bertz CT molecular complexity index is 1260. The van der Waals surface area contributed by atoms with Crippen molar-refractivity contribution in [3.05, 3.63) is 57.6 Å². The van der Waals surface area contributed by atoms with Crippen LogP contribution in [0.5, 0.6) is 0 Å². The van der Waals surface area contributed by atoms with Crippen LogP contribution in [0.1, 0.15) is 41.6 Å². The number of pyridine rings is 2. The van der Waals surface area contributed by atoms with Gasteiger partial charge in [-0.1, -0.05) is 36.8 Å². The van der Waals surface area contributed by atoms with Crippen molar-refractivity contribution in [2.45, 2.75) is 39.7 Å². The number of thiazole rings is 1. The number of aromatic nitrogens is 6. The van der Waals surface area contributed by atoms with Crippen molar-refractivity contribution >= 4 is 39.1 Å². The van der Waals surface area contributed by atoms with Crippen molar-refractivity contribution in [1.82, 2.24) is 29.9 Å². The molecular weight excluding hydrogens is 448 g/mol. The maximum atomic E-state index is 13.0. The Morgan fingerprint density at radius 1 is 1.19 bits per heavy atom. The van der Waals surface area contributed by atoms with Crippen LogP contribution in [0.15, 0.2) is 30.9 Å². The first-order valence-electron chi connectivity index (χ1n) is 10.2. The summed E-state index contributed by atoms with van der Waals surface area (Å²) in [6.07, 6.45) is 6.74. The number of hydrogen-bond acceptors (Lipinski definition) is 8. The van der Waals surface area contributed by atoms with E-state index in [0.717, 1.165) is 32.0 Å². The second-order valence-corrected chi connectivity index (χ2v) is 9.43. The van der Waals surface area contributed by atoms with E-state index in [9.17, 15) is 4.79 Å². The van der Waals surface area contributed by atoms with Gasteiger partial charge in [-0.15, -0.1) is 4.80 Å². The lowest BCUT2D eigenvalue weighted by molar-refractivity contribution is -0.117. The third kappa shape index (κ3) is 4.55. The molecule has 8 nitrogen and oxygen atoms in total. The molecule has 32 heavy (non-hydrogen) atoms. The number of halogens is 1. The lowest BCUT2D eigenvalue weighted by Crippen LogP contribution is -2.16. The molecule has 0 aromatic carbocycles. The van der Waals surface area contributed by atoms with Crippen LogP contribution in [0.3, 0.4) is 0 Å². The first-order chi connectivity index (χ1) is 15.4. The molecule has 0 spiro atoms. The van der Waals surface area contributed by atoms with Crippen molar-refractivity contribution in [2.24, 2.45) is 5.92 Å². The summed E-state index contributed by atoms with van der Waals surface area (Å²) in [5, 5.41) is 9.39. The van der Waals surface area contributed by atoms with E-state index < -0.39 is 0 Å². The molecule has 1 unspecified atom stereocenters. The first kappa shape index (κ1) is 22.4. The Morgan fingerprint density at radius 3 is 2.59 bits per heavy atom. The van der Waals surface area contributed by atoms with Gasteiger partial charge in [0.25, 0.3) is 0 Å². The first-order valence-corrected chi connectivity index (χ1v) is 11.4. The van der Waals surface area contributed by atoms with E-state index >= 15 is 0 Å². The molecule has 0 fully saturated rings. The van der Waals surface area contributed by atoms with Crippen molar-refractivity contribution in [2.75, 3.05) is 7.11 Å². The average Bonchev–Trinajstić information content (AvgIpc) is 3.39. The van der Waals surface area contributed by atoms with Crippen molar-refractivity contribution in [3.63, 3.8) is 0 Å². The second kappa shape index (κ2) is 9.40. The lowest BCUT2D eigenvalue weighted by Gasteiger charge is -2.22. The molecule has 4 aromatic rings. The molecule has 4 aromatic heterocycles. The van der Waals surface area contributed by atoms with Crippen LogP contribution < -0.4 is 0 Å². The van der Waals surface area contributed by atoms with Crippen molar-refractivity contribution < 1.29 is 9.53 Å². The monoisotopic (exact) mass is 470 g/mol. The summed E-state index contributed by atoms with van der Waals surface area (Å²) >= 11 is 7.88. The minimum absolute atomic E-state index is 0.0285. The van der Waals surface area contributed by atoms with Gasteiger partial charge in [0.2, 0.25) is 0 Å². The highest BCUT2D eigenvalue weighted by Gasteiger charge is 2.25.